The predicted molar refractivity (Wildman–Crippen MR) is 93.0 cm³/mol. The third kappa shape index (κ3) is 3.56. The van der Waals surface area contributed by atoms with Gasteiger partial charge in [0.05, 0.1) is 38.0 Å². The van der Waals surface area contributed by atoms with Crippen molar-refractivity contribution in [2.75, 3.05) is 21.3 Å². The van der Waals surface area contributed by atoms with Crippen LogP contribution in [0.4, 0.5) is 13.2 Å². The zero-order valence-electron chi connectivity index (χ0n) is 15.9. The van der Waals surface area contributed by atoms with E-state index in [9.17, 15) is 18.0 Å². The number of rotatable bonds is 5. The molecule has 0 bridgehead atoms. The molecule has 0 atom stereocenters. The molecular formula is C19H20F3NO4. The Balaban J connectivity index is 2.87. The maximum atomic E-state index is 13.7. The van der Waals surface area contributed by atoms with Crippen molar-refractivity contribution >= 4 is 5.78 Å². The second-order valence-corrected chi connectivity index (χ2v) is 5.94. The number of halogens is 3. The number of pyridine rings is 1. The van der Waals surface area contributed by atoms with Crippen LogP contribution in [0.3, 0.4) is 0 Å². The van der Waals surface area contributed by atoms with Gasteiger partial charge in [-0.1, -0.05) is 0 Å². The number of nitrogens with zero attached hydrogens (tertiary/aromatic N) is 1. The number of hydrogen-bond acceptors (Lipinski definition) is 5. The maximum Gasteiger partial charge on any atom is 0.417 e. The van der Waals surface area contributed by atoms with Crippen LogP contribution < -0.4 is 14.2 Å². The number of alkyl halides is 3. The largest absolute Gasteiger partial charge is 0.493 e. The average molecular weight is 383 g/mol. The van der Waals surface area contributed by atoms with Gasteiger partial charge < -0.3 is 14.2 Å². The highest BCUT2D eigenvalue weighted by Gasteiger charge is 2.39. The van der Waals surface area contributed by atoms with Gasteiger partial charge in [-0.2, -0.15) is 13.2 Å². The van der Waals surface area contributed by atoms with Crippen LogP contribution in [0.1, 0.15) is 38.3 Å². The van der Waals surface area contributed by atoms with Gasteiger partial charge in [0, 0.05) is 11.9 Å². The third-order valence-corrected chi connectivity index (χ3v) is 4.22. The fourth-order valence-electron chi connectivity index (χ4n) is 3.03. The molecule has 0 unspecified atom stereocenters. The van der Waals surface area contributed by atoms with Gasteiger partial charge in [-0.3, -0.25) is 9.78 Å². The minimum atomic E-state index is -4.71. The first-order valence-electron chi connectivity index (χ1n) is 7.96. The fourth-order valence-corrected chi connectivity index (χ4v) is 3.03. The summed E-state index contributed by atoms with van der Waals surface area (Å²) in [6.45, 7) is 4.22. The summed E-state index contributed by atoms with van der Waals surface area (Å²) in [4.78, 5) is 17.2. The molecule has 0 aliphatic carbocycles. The molecule has 0 radical (unpaired) electrons. The van der Waals surface area contributed by atoms with Crippen LogP contribution in [0.5, 0.6) is 17.2 Å². The van der Waals surface area contributed by atoms with E-state index in [1.807, 2.05) is 0 Å². The summed E-state index contributed by atoms with van der Waals surface area (Å²) in [5.74, 6) is -0.404. The van der Waals surface area contributed by atoms with Crippen molar-refractivity contribution in [1.29, 1.82) is 0 Å². The van der Waals surface area contributed by atoms with Crippen LogP contribution in [0.25, 0.3) is 0 Å². The monoisotopic (exact) mass is 383 g/mol. The molecule has 2 aromatic rings. The Morgan fingerprint density at radius 3 is 2.00 bits per heavy atom. The Morgan fingerprint density at radius 2 is 1.52 bits per heavy atom. The first-order chi connectivity index (χ1) is 12.6. The molecule has 1 heterocycles. The van der Waals surface area contributed by atoms with Crippen molar-refractivity contribution < 1.29 is 32.2 Å². The zero-order valence-corrected chi connectivity index (χ0v) is 15.9. The van der Waals surface area contributed by atoms with Crippen molar-refractivity contribution in [2.45, 2.75) is 26.9 Å². The molecule has 0 fully saturated rings. The number of ether oxygens (including phenoxy) is 3. The van der Waals surface area contributed by atoms with E-state index in [-0.39, 0.29) is 28.3 Å². The molecular weight excluding hydrogens is 363 g/mol. The molecule has 2 rings (SSSR count). The highest BCUT2D eigenvalue weighted by Crippen LogP contribution is 2.44. The van der Waals surface area contributed by atoms with E-state index in [1.165, 1.54) is 41.2 Å². The quantitative estimate of drug-likeness (QED) is 0.722. The fraction of sp³-hybridized carbons (Fsp3) is 0.368. The first-order valence-corrected chi connectivity index (χ1v) is 7.96. The average Bonchev–Trinajstić information content (AvgIpc) is 2.60. The Labute approximate surface area is 155 Å². The first kappa shape index (κ1) is 20.5. The molecule has 0 amide bonds. The highest BCUT2D eigenvalue weighted by atomic mass is 19.4. The zero-order chi connectivity index (χ0) is 20.5. The molecule has 0 saturated heterocycles. The molecule has 5 nitrogen and oxygen atoms in total. The van der Waals surface area contributed by atoms with E-state index in [0.29, 0.717) is 11.3 Å². The van der Waals surface area contributed by atoms with Crippen molar-refractivity contribution in [3.05, 3.63) is 45.8 Å². The lowest BCUT2D eigenvalue weighted by Crippen LogP contribution is -2.19. The van der Waals surface area contributed by atoms with Crippen LogP contribution in [0.2, 0.25) is 0 Å². The summed E-state index contributed by atoms with van der Waals surface area (Å²) in [7, 11) is 4.07. The van der Waals surface area contributed by atoms with Gasteiger partial charge in [0.1, 0.15) is 0 Å². The van der Waals surface area contributed by atoms with E-state index in [1.54, 1.807) is 6.92 Å². The standard InChI is InChI=1S/C19H20F3NO4/c1-9-7-12(25-4)17(26-5)18(27-6)13(9)16(24)14-11(3)23-8-10(2)15(14)19(20,21)22/h7-8H,1-6H3. The second kappa shape index (κ2) is 7.46. The van der Waals surface area contributed by atoms with E-state index in [0.717, 1.165) is 6.20 Å². The number of aromatic nitrogens is 1. The number of ketones is 1. The number of hydrogen-bond donors (Lipinski definition) is 0. The third-order valence-electron chi connectivity index (χ3n) is 4.22. The molecule has 0 spiro atoms. The summed E-state index contributed by atoms with van der Waals surface area (Å²) in [5.41, 5.74) is -1.30. The van der Waals surface area contributed by atoms with E-state index in [4.69, 9.17) is 14.2 Å². The minimum Gasteiger partial charge on any atom is -0.493 e. The number of aryl methyl sites for hydroxylation is 3. The summed E-state index contributed by atoms with van der Waals surface area (Å²) in [5, 5.41) is 0. The Bertz CT molecular complexity index is 892. The summed E-state index contributed by atoms with van der Waals surface area (Å²) >= 11 is 0. The van der Waals surface area contributed by atoms with Gasteiger partial charge in [-0.05, 0) is 38.0 Å². The van der Waals surface area contributed by atoms with Crippen molar-refractivity contribution in [3.8, 4) is 17.2 Å². The molecule has 1 aromatic heterocycles. The number of carbonyl (C=O) groups is 1. The van der Waals surface area contributed by atoms with Gasteiger partial charge in [0.25, 0.3) is 0 Å². The molecule has 146 valence electrons. The Kier molecular flexibility index (Phi) is 5.67. The van der Waals surface area contributed by atoms with Crippen molar-refractivity contribution in [2.24, 2.45) is 0 Å². The summed E-state index contributed by atoms with van der Waals surface area (Å²) in [6, 6.07) is 1.51. The Morgan fingerprint density at radius 1 is 0.926 bits per heavy atom. The SMILES string of the molecule is COc1cc(C)c(C(=O)c2c(C)ncc(C)c2C(F)(F)F)c(OC)c1OC. The topological polar surface area (TPSA) is 57.7 Å². The lowest BCUT2D eigenvalue weighted by Gasteiger charge is -2.20. The molecule has 27 heavy (non-hydrogen) atoms. The molecule has 0 saturated carbocycles. The molecule has 0 aliphatic heterocycles. The minimum absolute atomic E-state index is 0.00776. The van der Waals surface area contributed by atoms with E-state index in [2.05, 4.69) is 4.98 Å². The van der Waals surface area contributed by atoms with E-state index >= 15 is 0 Å². The van der Waals surface area contributed by atoms with Crippen LogP contribution >= 0.6 is 0 Å². The van der Waals surface area contributed by atoms with E-state index < -0.39 is 23.1 Å². The number of carbonyl (C=O) groups excluding carboxylic acids is 1. The predicted octanol–water partition coefficient (Wildman–Crippen LogP) is 4.28. The number of benzene rings is 1. The smallest absolute Gasteiger partial charge is 0.417 e. The van der Waals surface area contributed by atoms with Crippen LogP contribution in [-0.4, -0.2) is 32.1 Å². The second-order valence-electron chi connectivity index (χ2n) is 5.94. The highest BCUT2D eigenvalue weighted by molar-refractivity contribution is 6.14. The van der Waals surface area contributed by atoms with Crippen LogP contribution in [0, 0.1) is 20.8 Å². The summed E-state index contributed by atoms with van der Waals surface area (Å²) < 4.78 is 56.7. The van der Waals surface area contributed by atoms with Gasteiger partial charge in [0.15, 0.2) is 17.3 Å². The van der Waals surface area contributed by atoms with Crippen molar-refractivity contribution in [3.63, 3.8) is 0 Å². The Hall–Kier alpha value is -2.77. The van der Waals surface area contributed by atoms with Crippen molar-refractivity contribution in [1.82, 2.24) is 4.98 Å². The maximum absolute atomic E-state index is 13.7. The van der Waals surface area contributed by atoms with Crippen LogP contribution in [-0.2, 0) is 6.18 Å². The molecule has 0 aliphatic rings. The lowest BCUT2D eigenvalue weighted by atomic mass is 9.91. The van der Waals surface area contributed by atoms with Gasteiger partial charge >= 0.3 is 6.18 Å². The van der Waals surface area contributed by atoms with Crippen LogP contribution in [0.15, 0.2) is 12.3 Å². The normalized spacial score (nSPS) is 11.3. The van der Waals surface area contributed by atoms with Gasteiger partial charge in [-0.15, -0.1) is 0 Å². The molecule has 0 N–H and O–H groups in total. The van der Waals surface area contributed by atoms with Gasteiger partial charge in [-0.25, -0.2) is 0 Å². The summed E-state index contributed by atoms with van der Waals surface area (Å²) in [6.07, 6.45) is -3.60. The lowest BCUT2D eigenvalue weighted by molar-refractivity contribution is -0.138. The van der Waals surface area contributed by atoms with Gasteiger partial charge in [0.2, 0.25) is 5.75 Å². The molecule has 1 aromatic carbocycles. The number of methoxy groups -OCH3 is 3. The molecule has 8 heteroatoms.